The van der Waals surface area contributed by atoms with Gasteiger partial charge in [-0.15, -0.1) is 0 Å². The first-order chi connectivity index (χ1) is 13.4. The monoisotopic (exact) mass is 370 g/mol. The van der Waals surface area contributed by atoms with E-state index >= 15 is 0 Å². The summed E-state index contributed by atoms with van der Waals surface area (Å²) in [4.78, 5) is 36.6. The van der Waals surface area contributed by atoms with Crippen LogP contribution in [0, 0.1) is 13.8 Å². The molecule has 3 aromatic rings. The molecule has 0 radical (unpaired) electrons. The van der Waals surface area contributed by atoms with Crippen molar-refractivity contribution in [2.24, 2.45) is 5.73 Å². The third-order valence-corrected chi connectivity index (χ3v) is 5.09. The highest BCUT2D eigenvalue weighted by Crippen LogP contribution is 2.30. The van der Waals surface area contributed by atoms with Crippen LogP contribution in [0.25, 0.3) is 11.8 Å². The lowest BCUT2D eigenvalue weighted by atomic mass is 10.1. The normalized spacial score (nSPS) is 13.0. The minimum absolute atomic E-state index is 0.186. The van der Waals surface area contributed by atoms with Crippen molar-refractivity contribution in [3.05, 3.63) is 93.8 Å². The second-order valence-electron chi connectivity index (χ2n) is 6.83. The number of ketones is 2. The van der Waals surface area contributed by atoms with Crippen LogP contribution in [0.1, 0.15) is 48.0 Å². The van der Waals surface area contributed by atoms with Gasteiger partial charge in [-0.05, 0) is 55.8 Å². The lowest BCUT2D eigenvalue weighted by Crippen LogP contribution is -2.10. The molecule has 2 N–H and O–H groups in total. The number of Topliss-reactive ketones (excluding diaryl/α,β-unsaturated/α-hetero) is 2. The van der Waals surface area contributed by atoms with Crippen LogP contribution in [0.3, 0.4) is 0 Å². The standard InChI is InChI=1S/C23H18N2O3/c1-13-11-16(12-20-21(26)18-5-3-4-6-19(18)22(20)27)14(2)25(13)17-9-7-15(8-10-17)23(24)28/h3-12H,1-2H3,(H2,24,28). The number of carbonyl (C=O) groups excluding carboxylic acids is 3. The molecule has 0 unspecified atom stereocenters. The Kier molecular flexibility index (Phi) is 4.08. The Balaban J connectivity index is 1.77. The van der Waals surface area contributed by atoms with Gasteiger partial charge in [0.15, 0.2) is 11.6 Å². The van der Waals surface area contributed by atoms with E-state index in [0.717, 1.165) is 22.6 Å². The first-order valence-electron chi connectivity index (χ1n) is 8.88. The average molecular weight is 370 g/mol. The SMILES string of the molecule is Cc1cc(C=C2C(=O)c3ccccc3C2=O)c(C)n1-c1ccc(C(N)=O)cc1. The summed E-state index contributed by atoms with van der Waals surface area (Å²) in [5.74, 6) is -0.955. The van der Waals surface area contributed by atoms with Crippen LogP contribution in [-0.4, -0.2) is 22.0 Å². The summed E-state index contributed by atoms with van der Waals surface area (Å²) in [6.45, 7) is 3.88. The first kappa shape index (κ1) is 17.7. The molecule has 138 valence electrons. The molecule has 1 amide bonds. The van der Waals surface area contributed by atoms with Gasteiger partial charge in [0, 0.05) is 33.8 Å². The van der Waals surface area contributed by atoms with Gasteiger partial charge in [0.2, 0.25) is 5.91 Å². The molecule has 0 saturated heterocycles. The number of benzene rings is 2. The van der Waals surface area contributed by atoms with Gasteiger partial charge in [0.1, 0.15) is 0 Å². The number of nitrogens with zero attached hydrogens (tertiary/aromatic N) is 1. The maximum Gasteiger partial charge on any atom is 0.248 e. The van der Waals surface area contributed by atoms with E-state index in [1.54, 1.807) is 42.5 Å². The summed E-state index contributed by atoms with van der Waals surface area (Å²) < 4.78 is 2.01. The molecule has 1 aromatic heterocycles. The quantitative estimate of drug-likeness (QED) is 0.564. The van der Waals surface area contributed by atoms with Crippen molar-refractivity contribution in [3.8, 4) is 5.69 Å². The van der Waals surface area contributed by atoms with Crippen molar-refractivity contribution >= 4 is 23.5 Å². The zero-order chi connectivity index (χ0) is 20.0. The van der Waals surface area contributed by atoms with Crippen LogP contribution in [-0.2, 0) is 0 Å². The Bertz CT molecular complexity index is 1140. The highest BCUT2D eigenvalue weighted by molar-refractivity contribution is 6.41. The van der Waals surface area contributed by atoms with E-state index in [1.165, 1.54) is 0 Å². The fourth-order valence-corrected chi connectivity index (χ4v) is 3.66. The number of amides is 1. The second-order valence-corrected chi connectivity index (χ2v) is 6.83. The summed E-state index contributed by atoms with van der Waals surface area (Å²) in [6.07, 6.45) is 1.67. The molecule has 1 aliphatic rings. The van der Waals surface area contributed by atoms with E-state index in [0.29, 0.717) is 16.7 Å². The van der Waals surface area contributed by atoms with Crippen LogP contribution in [0.4, 0.5) is 0 Å². The summed E-state index contributed by atoms with van der Waals surface area (Å²) in [6, 6.07) is 15.8. The highest BCUT2D eigenvalue weighted by atomic mass is 16.2. The van der Waals surface area contributed by atoms with Crippen LogP contribution in [0.5, 0.6) is 0 Å². The van der Waals surface area contributed by atoms with E-state index in [4.69, 9.17) is 5.73 Å². The molecule has 0 saturated carbocycles. The van der Waals surface area contributed by atoms with Crippen LogP contribution in [0.2, 0.25) is 0 Å². The van der Waals surface area contributed by atoms with E-state index < -0.39 is 5.91 Å². The van der Waals surface area contributed by atoms with E-state index in [2.05, 4.69) is 0 Å². The number of hydrogen-bond donors (Lipinski definition) is 1. The van der Waals surface area contributed by atoms with Crippen molar-refractivity contribution in [2.75, 3.05) is 0 Å². The predicted octanol–water partition coefficient (Wildman–Crippen LogP) is 3.66. The minimum Gasteiger partial charge on any atom is -0.366 e. The minimum atomic E-state index is -0.476. The average Bonchev–Trinajstić information content (AvgIpc) is 3.10. The van der Waals surface area contributed by atoms with Gasteiger partial charge in [0.05, 0.1) is 5.57 Å². The number of fused-ring (bicyclic) bond motifs is 1. The van der Waals surface area contributed by atoms with Crippen molar-refractivity contribution in [1.29, 1.82) is 0 Å². The maximum absolute atomic E-state index is 12.6. The molecule has 1 aliphatic carbocycles. The van der Waals surface area contributed by atoms with Crippen molar-refractivity contribution in [2.45, 2.75) is 13.8 Å². The number of primary amides is 1. The molecule has 0 bridgehead atoms. The Morgan fingerprint density at radius 3 is 2.04 bits per heavy atom. The topological polar surface area (TPSA) is 82.2 Å². The van der Waals surface area contributed by atoms with Gasteiger partial charge in [0.25, 0.3) is 0 Å². The Hall–Kier alpha value is -3.73. The van der Waals surface area contributed by atoms with Gasteiger partial charge in [-0.25, -0.2) is 0 Å². The molecule has 5 nitrogen and oxygen atoms in total. The zero-order valence-electron chi connectivity index (χ0n) is 15.5. The van der Waals surface area contributed by atoms with Gasteiger partial charge in [-0.3, -0.25) is 14.4 Å². The summed E-state index contributed by atoms with van der Waals surface area (Å²) >= 11 is 0. The number of hydrogen-bond acceptors (Lipinski definition) is 3. The number of aromatic nitrogens is 1. The molecule has 1 heterocycles. The second kappa shape index (κ2) is 6.46. The zero-order valence-corrected chi connectivity index (χ0v) is 15.5. The molecule has 2 aromatic carbocycles. The fraction of sp³-hybridized carbons (Fsp3) is 0.0870. The smallest absolute Gasteiger partial charge is 0.248 e. The van der Waals surface area contributed by atoms with Gasteiger partial charge in [-0.2, -0.15) is 0 Å². The van der Waals surface area contributed by atoms with Crippen molar-refractivity contribution in [3.63, 3.8) is 0 Å². The lowest BCUT2D eigenvalue weighted by Gasteiger charge is -2.10. The molecular weight excluding hydrogens is 352 g/mol. The fourth-order valence-electron chi connectivity index (χ4n) is 3.66. The first-order valence-corrected chi connectivity index (χ1v) is 8.88. The molecule has 4 rings (SSSR count). The number of aryl methyl sites for hydroxylation is 1. The number of carbonyl (C=O) groups is 3. The Morgan fingerprint density at radius 2 is 1.50 bits per heavy atom. The molecule has 5 heteroatoms. The van der Waals surface area contributed by atoms with Crippen molar-refractivity contribution in [1.82, 2.24) is 4.57 Å². The molecule has 0 spiro atoms. The summed E-state index contributed by atoms with van der Waals surface area (Å²) in [5.41, 5.74) is 10.4. The molecule has 0 aliphatic heterocycles. The van der Waals surface area contributed by atoms with Crippen LogP contribution in [0.15, 0.2) is 60.2 Å². The molecule has 28 heavy (non-hydrogen) atoms. The number of rotatable bonds is 3. The van der Waals surface area contributed by atoms with E-state index in [9.17, 15) is 14.4 Å². The van der Waals surface area contributed by atoms with Gasteiger partial charge >= 0.3 is 0 Å². The predicted molar refractivity (Wildman–Crippen MR) is 107 cm³/mol. The Morgan fingerprint density at radius 1 is 0.929 bits per heavy atom. The molecular formula is C23H18N2O3. The summed E-state index contributed by atoms with van der Waals surface area (Å²) in [7, 11) is 0. The number of nitrogens with two attached hydrogens (primary N) is 1. The van der Waals surface area contributed by atoms with Gasteiger partial charge in [-0.1, -0.05) is 24.3 Å². The van der Waals surface area contributed by atoms with Gasteiger partial charge < -0.3 is 10.3 Å². The Labute approximate surface area is 162 Å². The third-order valence-electron chi connectivity index (χ3n) is 5.09. The largest absolute Gasteiger partial charge is 0.366 e. The van der Waals surface area contributed by atoms with Crippen LogP contribution < -0.4 is 5.73 Å². The van der Waals surface area contributed by atoms with E-state index in [1.807, 2.05) is 36.6 Å². The molecule has 0 atom stereocenters. The lowest BCUT2D eigenvalue weighted by molar-refractivity contribution is 0.0983. The van der Waals surface area contributed by atoms with Crippen molar-refractivity contribution < 1.29 is 14.4 Å². The third kappa shape index (κ3) is 2.68. The maximum atomic E-state index is 12.6. The summed E-state index contributed by atoms with van der Waals surface area (Å²) in [5, 5.41) is 0. The van der Waals surface area contributed by atoms with Crippen LogP contribution >= 0.6 is 0 Å². The molecule has 0 fully saturated rings. The highest BCUT2D eigenvalue weighted by Gasteiger charge is 2.32. The van der Waals surface area contributed by atoms with E-state index in [-0.39, 0.29) is 17.1 Å². The number of allylic oxidation sites excluding steroid dienone is 1.